The molecule has 2 aliphatic rings. The number of hydrogen-bond acceptors (Lipinski definition) is 1. The van der Waals surface area contributed by atoms with Gasteiger partial charge in [-0.3, -0.25) is 0 Å². The van der Waals surface area contributed by atoms with Crippen molar-refractivity contribution in [3.63, 3.8) is 0 Å². The van der Waals surface area contributed by atoms with Crippen LogP contribution in [0, 0.1) is 0 Å². The van der Waals surface area contributed by atoms with Crippen molar-refractivity contribution in [2.45, 2.75) is 25.1 Å². The number of nitrogens with two attached hydrogens (primary N) is 1. The third kappa shape index (κ3) is 1.98. The standard InChI is InChI=1S/C27H24BN2/c1-18(2)28-25-16-8-7-14-23(25)27(24-15-9-17-30(29)26(24)28)21-12-5-3-10-19(21)20-11-4-6-13-22(20)27/h3-18H,29H2,1-2H3/q+1. The maximum atomic E-state index is 6.63. The molecule has 0 bridgehead atoms. The molecule has 2 N–H and O–H groups in total. The first-order valence-corrected chi connectivity index (χ1v) is 10.7. The third-order valence-electron chi connectivity index (χ3n) is 7.08. The SMILES string of the molecule is CC(C)B1c2ccccc2C2(c3ccccc3-c3ccccc32)c2ccc[n+](N)c21. The Balaban J connectivity index is 1.86. The highest BCUT2D eigenvalue weighted by atomic mass is 15.3. The van der Waals surface area contributed by atoms with Crippen molar-refractivity contribution in [2.75, 3.05) is 5.84 Å². The Kier molecular flexibility index (Phi) is 3.56. The quantitative estimate of drug-likeness (QED) is 0.267. The molecule has 1 aliphatic carbocycles. The molecule has 0 radical (unpaired) electrons. The van der Waals surface area contributed by atoms with Gasteiger partial charge >= 0.3 is 6.71 Å². The van der Waals surface area contributed by atoms with E-state index in [1.165, 1.54) is 44.4 Å². The lowest BCUT2D eigenvalue weighted by molar-refractivity contribution is -0.621. The van der Waals surface area contributed by atoms with Crippen LogP contribution in [0.1, 0.15) is 36.1 Å². The van der Waals surface area contributed by atoms with E-state index in [0.29, 0.717) is 5.82 Å². The maximum absolute atomic E-state index is 6.63. The molecule has 3 aromatic carbocycles. The van der Waals surface area contributed by atoms with Gasteiger partial charge in [-0.25, -0.2) is 5.84 Å². The first-order chi connectivity index (χ1) is 14.7. The van der Waals surface area contributed by atoms with E-state index in [1.807, 2.05) is 10.9 Å². The molecule has 6 rings (SSSR count). The molecule has 30 heavy (non-hydrogen) atoms. The van der Waals surface area contributed by atoms with Gasteiger partial charge in [0.25, 0.3) is 0 Å². The number of hydrogen-bond donors (Lipinski definition) is 1. The zero-order chi connectivity index (χ0) is 20.5. The Labute approximate surface area is 178 Å². The summed E-state index contributed by atoms with van der Waals surface area (Å²) in [6.07, 6.45) is 1.99. The van der Waals surface area contributed by atoms with Crippen molar-refractivity contribution in [3.05, 3.63) is 113 Å². The minimum absolute atomic E-state index is 0.257. The lowest BCUT2D eigenvalue weighted by Gasteiger charge is -2.40. The monoisotopic (exact) mass is 387 g/mol. The molecule has 0 atom stereocenters. The fraction of sp³-hybridized carbons (Fsp3) is 0.148. The molecule has 0 saturated heterocycles. The van der Waals surface area contributed by atoms with Crippen molar-refractivity contribution in [1.82, 2.24) is 0 Å². The summed E-state index contributed by atoms with van der Waals surface area (Å²) in [7, 11) is 0. The lowest BCUT2D eigenvalue weighted by atomic mass is 9.30. The van der Waals surface area contributed by atoms with Crippen molar-refractivity contribution in [3.8, 4) is 11.1 Å². The molecule has 0 unspecified atom stereocenters. The van der Waals surface area contributed by atoms with Crippen molar-refractivity contribution < 1.29 is 4.68 Å². The number of pyridine rings is 1. The molecule has 0 amide bonds. The van der Waals surface area contributed by atoms with E-state index in [4.69, 9.17) is 5.84 Å². The van der Waals surface area contributed by atoms with Gasteiger partial charge in [0.1, 0.15) is 0 Å². The van der Waals surface area contributed by atoms with Crippen molar-refractivity contribution >= 4 is 17.8 Å². The minimum atomic E-state index is -0.340. The Morgan fingerprint density at radius 1 is 0.700 bits per heavy atom. The van der Waals surface area contributed by atoms with Crippen LogP contribution in [0.2, 0.25) is 5.82 Å². The van der Waals surface area contributed by atoms with Gasteiger partial charge in [0.05, 0.1) is 5.41 Å². The molecule has 1 aliphatic heterocycles. The van der Waals surface area contributed by atoms with Crippen LogP contribution < -0.4 is 21.6 Å². The molecule has 4 aromatic rings. The predicted molar refractivity (Wildman–Crippen MR) is 124 cm³/mol. The van der Waals surface area contributed by atoms with E-state index in [0.717, 1.165) is 0 Å². The second kappa shape index (κ2) is 6.09. The number of rotatable bonds is 1. The Morgan fingerprint density at radius 3 is 1.87 bits per heavy atom. The summed E-state index contributed by atoms with van der Waals surface area (Å²) in [5.41, 5.74) is 10.3. The number of nitrogen functional groups attached to an aromatic ring is 1. The molecule has 144 valence electrons. The molecule has 1 spiro atoms. The van der Waals surface area contributed by atoms with Gasteiger partial charge in [0.15, 0.2) is 11.8 Å². The molecule has 3 heteroatoms. The smallest absolute Gasteiger partial charge is 0.206 e. The molecule has 2 heterocycles. The van der Waals surface area contributed by atoms with Crippen molar-refractivity contribution in [1.29, 1.82) is 0 Å². The second-order valence-electron chi connectivity index (χ2n) is 8.86. The first kappa shape index (κ1) is 17.5. The highest BCUT2D eigenvalue weighted by Crippen LogP contribution is 2.56. The summed E-state index contributed by atoms with van der Waals surface area (Å²) >= 11 is 0. The molecule has 2 nitrogen and oxygen atoms in total. The van der Waals surface area contributed by atoms with Gasteiger partial charge in [-0.15, -0.1) is 0 Å². The average Bonchev–Trinajstić information content (AvgIpc) is 3.06. The van der Waals surface area contributed by atoms with E-state index in [9.17, 15) is 0 Å². The number of nitrogens with zero attached hydrogens (tertiary/aromatic N) is 1. The number of benzene rings is 3. The fourth-order valence-electron chi connectivity index (χ4n) is 6.07. The minimum Gasteiger partial charge on any atom is -0.206 e. The maximum Gasteiger partial charge on any atom is 0.300 e. The Morgan fingerprint density at radius 2 is 1.23 bits per heavy atom. The van der Waals surface area contributed by atoms with E-state index in [2.05, 4.69) is 98.8 Å². The first-order valence-electron chi connectivity index (χ1n) is 10.7. The zero-order valence-corrected chi connectivity index (χ0v) is 17.3. The lowest BCUT2D eigenvalue weighted by Crippen LogP contribution is -2.72. The number of fused-ring (bicyclic) bond motifs is 9. The zero-order valence-electron chi connectivity index (χ0n) is 17.3. The van der Waals surface area contributed by atoms with E-state index < -0.39 is 0 Å². The van der Waals surface area contributed by atoms with Crippen LogP contribution in [0.5, 0.6) is 0 Å². The molecule has 0 saturated carbocycles. The van der Waals surface area contributed by atoms with Crippen molar-refractivity contribution in [2.24, 2.45) is 0 Å². The molecule has 1 aromatic heterocycles. The summed E-state index contributed by atoms with van der Waals surface area (Å²) in [6.45, 7) is 4.85. The summed E-state index contributed by atoms with van der Waals surface area (Å²) in [4.78, 5) is 0. The van der Waals surface area contributed by atoms with Crippen LogP contribution in [-0.2, 0) is 5.41 Å². The van der Waals surface area contributed by atoms with Gasteiger partial charge in [-0.1, -0.05) is 103 Å². The Bertz CT molecular complexity index is 1260. The number of aromatic nitrogens is 1. The van der Waals surface area contributed by atoms with Gasteiger partial charge in [-0.2, -0.15) is 0 Å². The van der Waals surface area contributed by atoms with Gasteiger partial charge < -0.3 is 0 Å². The van der Waals surface area contributed by atoms with Crippen LogP contribution in [0.4, 0.5) is 0 Å². The summed E-state index contributed by atoms with van der Waals surface area (Å²) in [5, 5.41) is 0. The van der Waals surface area contributed by atoms with Crippen LogP contribution in [0.15, 0.2) is 91.1 Å². The fourth-order valence-corrected chi connectivity index (χ4v) is 6.07. The third-order valence-corrected chi connectivity index (χ3v) is 7.08. The van der Waals surface area contributed by atoms with Gasteiger partial charge in [0.2, 0.25) is 0 Å². The highest BCUT2D eigenvalue weighted by molar-refractivity contribution is 6.86. The van der Waals surface area contributed by atoms with Gasteiger partial charge in [-0.05, 0) is 33.9 Å². The molecular weight excluding hydrogens is 363 g/mol. The van der Waals surface area contributed by atoms with Crippen LogP contribution in [-0.4, -0.2) is 6.71 Å². The topological polar surface area (TPSA) is 29.9 Å². The summed E-state index contributed by atoms with van der Waals surface area (Å²) < 4.78 is 1.86. The van der Waals surface area contributed by atoms with Crippen LogP contribution >= 0.6 is 0 Å². The highest BCUT2D eigenvalue weighted by Gasteiger charge is 2.55. The van der Waals surface area contributed by atoms with E-state index in [-0.39, 0.29) is 12.1 Å². The predicted octanol–water partition coefficient (Wildman–Crippen LogP) is 3.38. The molecule has 0 fully saturated rings. The second-order valence-corrected chi connectivity index (χ2v) is 8.86. The average molecular weight is 387 g/mol. The Hall–Kier alpha value is -3.33. The summed E-state index contributed by atoms with van der Waals surface area (Å²) in [5.74, 6) is 7.07. The van der Waals surface area contributed by atoms with Crippen LogP contribution in [0.3, 0.4) is 0 Å². The van der Waals surface area contributed by atoms with Gasteiger partial charge in [0, 0.05) is 11.6 Å². The summed E-state index contributed by atoms with van der Waals surface area (Å²) in [6, 6.07) is 31.2. The van der Waals surface area contributed by atoms with E-state index in [1.54, 1.807) is 0 Å². The van der Waals surface area contributed by atoms with Crippen LogP contribution in [0.25, 0.3) is 11.1 Å². The van der Waals surface area contributed by atoms with E-state index >= 15 is 0 Å². The normalized spacial score (nSPS) is 15.0. The molecular formula is C27H24BN2+. The largest absolute Gasteiger partial charge is 0.300 e.